The van der Waals surface area contributed by atoms with Gasteiger partial charge in [-0.2, -0.15) is 5.10 Å². The van der Waals surface area contributed by atoms with Crippen LogP contribution in [0.25, 0.3) is 10.8 Å². The van der Waals surface area contributed by atoms with E-state index in [1.54, 1.807) is 36.4 Å². The van der Waals surface area contributed by atoms with Gasteiger partial charge in [-0.1, -0.05) is 30.3 Å². The van der Waals surface area contributed by atoms with Crippen LogP contribution in [-0.2, 0) is 6.42 Å². The van der Waals surface area contributed by atoms with Crippen molar-refractivity contribution in [3.63, 3.8) is 0 Å². The van der Waals surface area contributed by atoms with Crippen molar-refractivity contribution in [3.8, 4) is 5.75 Å². The van der Waals surface area contributed by atoms with E-state index in [0.29, 0.717) is 17.2 Å². The van der Waals surface area contributed by atoms with Gasteiger partial charge in [0, 0.05) is 5.39 Å². The quantitative estimate of drug-likeness (QED) is 0.673. The minimum atomic E-state index is -0.344. The first kappa shape index (κ1) is 14.4. The number of carbonyl (C=O) groups excluding carboxylic acids is 1. The number of aromatic nitrogens is 2. The molecule has 1 aliphatic carbocycles. The van der Waals surface area contributed by atoms with Crippen LogP contribution < -0.4 is 10.9 Å². The van der Waals surface area contributed by atoms with Crippen molar-refractivity contribution < 1.29 is 9.90 Å². The Kier molecular flexibility index (Phi) is 3.30. The average molecular weight is 321 g/mol. The Morgan fingerprint density at radius 1 is 1.17 bits per heavy atom. The molecule has 2 aromatic carbocycles. The highest BCUT2D eigenvalue weighted by Crippen LogP contribution is 2.36. The van der Waals surface area contributed by atoms with Gasteiger partial charge in [-0.25, -0.2) is 5.10 Å². The minimum absolute atomic E-state index is 0.174. The predicted molar refractivity (Wildman–Crippen MR) is 89.0 cm³/mol. The van der Waals surface area contributed by atoms with Crippen LogP contribution in [0.2, 0.25) is 0 Å². The summed E-state index contributed by atoms with van der Waals surface area (Å²) in [4.78, 5) is 24.5. The molecule has 3 aromatic rings. The van der Waals surface area contributed by atoms with E-state index >= 15 is 0 Å². The first-order valence-electron chi connectivity index (χ1n) is 7.74. The van der Waals surface area contributed by atoms with E-state index in [2.05, 4.69) is 15.5 Å². The molecule has 0 unspecified atom stereocenters. The van der Waals surface area contributed by atoms with Gasteiger partial charge < -0.3 is 10.4 Å². The number of fused-ring (bicyclic) bond motifs is 2. The van der Waals surface area contributed by atoms with Crippen molar-refractivity contribution in [2.45, 2.75) is 18.9 Å². The summed E-state index contributed by atoms with van der Waals surface area (Å²) in [6.07, 6.45) is 1.44. The molecule has 0 saturated heterocycles. The largest absolute Gasteiger partial charge is 0.508 e. The fourth-order valence-electron chi connectivity index (χ4n) is 3.30. The van der Waals surface area contributed by atoms with Crippen molar-refractivity contribution in [1.82, 2.24) is 15.5 Å². The minimum Gasteiger partial charge on any atom is -0.508 e. The Morgan fingerprint density at radius 3 is 2.79 bits per heavy atom. The van der Waals surface area contributed by atoms with Crippen LogP contribution in [-0.4, -0.2) is 21.2 Å². The van der Waals surface area contributed by atoms with Crippen LogP contribution in [0, 0.1) is 0 Å². The van der Waals surface area contributed by atoms with Gasteiger partial charge in [-0.05, 0) is 36.1 Å². The van der Waals surface area contributed by atoms with Crippen molar-refractivity contribution in [3.05, 3.63) is 69.6 Å². The summed E-state index contributed by atoms with van der Waals surface area (Å²) < 4.78 is 0. The van der Waals surface area contributed by atoms with Gasteiger partial charge >= 0.3 is 0 Å². The number of hydrogen-bond donors (Lipinski definition) is 3. The van der Waals surface area contributed by atoms with E-state index in [1.807, 2.05) is 6.07 Å². The normalized spacial score (nSPS) is 16.1. The number of H-pyrrole nitrogens is 1. The smallest absolute Gasteiger partial charge is 0.272 e. The van der Waals surface area contributed by atoms with E-state index in [1.165, 1.54) is 0 Å². The number of carbonyl (C=O) groups is 1. The van der Waals surface area contributed by atoms with Crippen molar-refractivity contribution in [2.24, 2.45) is 0 Å². The molecule has 1 aliphatic rings. The Labute approximate surface area is 137 Å². The van der Waals surface area contributed by atoms with Crippen LogP contribution >= 0.6 is 0 Å². The summed E-state index contributed by atoms with van der Waals surface area (Å²) in [6, 6.07) is 12.0. The van der Waals surface area contributed by atoms with E-state index in [9.17, 15) is 14.7 Å². The van der Waals surface area contributed by atoms with Gasteiger partial charge in [-0.3, -0.25) is 9.59 Å². The van der Waals surface area contributed by atoms with Gasteiger partial charge in [0.05, 0.1) is 11.4 Å². The Bertz CT molecular complexity index is 1010. The molecule has 1 amide bonds. The zero-order chi connectivity index (χ0) is 16.7. The molecule has 1 atom stereocenters. The molecule has 120 valence electrons. The molecule has 0 radical (unpaired) electrons. The number of nitrogens with one attached hydrogen (secondary N) is 2. The number of rotatable bonds is 2. The van der Waals surface area contributed by atoms with Crippen LogP contribution in [0.1, 0.15) is 34.1 Å². The highest BCUT2D eigenvalue weighted by Gasteiger charge is 2.27. The number of amides is 1. The molecule has 6 nitrogen and oxygen atoms in total. The number of aromatic amines is 1. The molecule has 1 aromatic heterocycles. The number of benzene rings is 2. The summed E-state index contributed by atoms with van der Waals surface area (Å²) in [5.74, 6) is -0.0829. The van der Waals surface area contributed by atoms with Crippen LogP contribution in [0.5, 0.6) is 5.75 Å². The van der Waals surface area contributed by atoms with Crippen molar-refractivity contribution in [1.29, 1.82) is 0 Å². The van der Waals surface area contributed by atoms with E-state index in [0.717, 1.165) is 17.5 Å². The Morgan fingerprint density at radius 2 is 1.96 bits per heavy atom. The number of aromatic hydroxyl groups is 1. The number of nitrogens with zero attached hydrogens (tertiary/aromatic N) is 1. The molecule has 0 saturated carbocycles. The highest BCUT2D eigenvalue weighted by atomic mass is 16.3. The average Bonchev–Trinajstić information content (AvgIpc) is 3.00. The molecule has 0 fully saturated rings. The lowest BCUT2D eigenvalue weighted by Crippen LogP contribution is -2.29. The fraction of sp³-hybridized carbons (Fsp3) is 0.167. The molecular formula is C18H15N3O3. The zero-order valence-corrected chi connectivity index (χ0v) is 12.7. The summed E-state index contributed by atoms with van der Waals surface area (Å²) >= 11 is 0. The number of hydrogen-bond acceptors (Lipinski definition) is 4. The van der Waals surface area contributed by atoms with Crippen LogP contribution in [0.4, 0.5) is 0 Å². The van der Waals surface area contributed by atoms with E-state index in [-0.39, 0.29) is 29.0 Å². The van der Waals surface area contributed by atoms with Crippen molar-refractivity contribution >= 4 is 16.7 Å². The lowest BCUT2D eigenvalue weighted by Gasteiger charge is -2.14. The zero-order valence-electron chi connectivity index (χ0n) is 12.7. The highest BCUT2D eigenvalue weighted by molar-refractivity contribution is 6.04. The maximum absolute atomic E-state index is 12.7. The Balaban J connectivity index is 1.69. The van der Waals surface area contributed by atoms with Crippen LogP contribution in [0.3, 0.4) is 0 Å². The fourth-order valence-corrected chi connectivity index (χ4v) is 3.30. The number of phenolic OH excluding ortho intramolecular Hbond substituents is 1. The second-order valence-corrected chi connectivity index (χ2v) is 5.86. The van der Waals surface area contributed by atoms with Gasteiger partial charge in [0.25, 0.3) is 11.5 Å². The molecule has 0 aliphatic heterocycles. The van der Waals surface area contributed by atoms with E-state index < -0.39 is 0 Å². The molecule has 3 N–H and O–H groups in total. The van der Waals surface area contributed by atoms with Gasteiger partial charge in [0.1, 0.15) is 5.75 Å². The molecule has 0 bridgehead atoms. The third kappa shape index (κ3) is 2.23. The summed E-state index contributed by atoms with van der Waals surface area (Å²) in [5, 5.41) is 20.1. The summed E-state index contributed by atoms with van der Waals surface area (Å²) in [7, 11) is 0. The predicted octanol–water partition coefficient (Wildman–Crippen LogP) is 2.05. The Hall–Kier alpha value is -3.15. The summed E-state index contributed by atoms with van der Waals surface area (Å²) in [6.45, 7) is 0. The lowest BCUT2D eigenvalue weighted by atomic mass is 10.1. The molecule has 1 heterocycles. The maximum Gasteiger partial charge on any atom is 0.272 e. The third-order valence-electron chi connectivity index (χ3n) is 4.46. The molecule has 0 spiro atoms. The second-order valence-electron chi connectivity index (χ2n) is 5.86. The van der Waals surface area contributed by atoms with Gasteiger partial charge in [0.15, 0.2) is 5.69 Å². The first-order valence-corrected chi connectivity index (χ1v) is 7.74. The van der Waals surface area contributed by atoms with E-state index in [4.69, 9.17) is 0 Å². The van der Waals surface area contributed by atoms with Crippen LogP contribution in [0.15, 0.2) is 47.3 Å². The molecular weight excluding hydrogens is 306 g/mol. The topological polar surface area (TPSA) is 95.1 Å². The first-order chi connectivity index (χ1) is 11.6. The number of phenols is 1. The molecule has 6 heteroatoms. The molecule has 4 rings (SSSR count). The summed E-state index contributed by atoms with van der Waals surface area (Å²) in [5.41, 5.74) is 1.68. The standard InChI is InChI=1S/C18H15N3O3/c22-15-7-3-6-10-11(15)8-9-14(10)19-18(24)16-12-4-1-2-5-13(12)17(23)21-20-16/h1-7,14,22H,8-9H2,(H,19,24)(H,21,23)/t14-/m1/s1. The van der Waals surface area contributed by atoms with Crippen molar-refractivity contribution in [2.75, 3.05) is 0 Å². The lowest BCUT2D eigenvalue weighted by molar-refractivity contribution is 0.0932. The second kappa shape index (κ2) is 5.49. The molecule has 24 heavy (non-hydrogen) atoms. The monoisotopic (exact) mass is 321 g/mol. The van der Waals surface area contributed by atoms with Gasteiger partial charge in [0.2, 0.25) is 0 Å². The third-order valence-corrected chi connectivity index (χ3v) is 4.46. The SMILES string of the molecule is O=C(N[C@@H]1CCc2c(O)cccc21)c1n[nH]c(=O)c2ccccc12. The maximum atomic E-state index is 12.7. The van der Waals surface area contributed by atoms with Gasteiger partial charge in [-0.15, -0.1) is 0 Å².